The van der Waals surface area contributed by atoms with Crippen molar-refractivity contribution < 1.29 is 14.8 Å². The number of phenols is 1. The molecule has 0 aromatic heterocycles. The molecule has 2 aromatic rings. The van der Waals surface area contributed by atoms with Gasteiger partial charge in [-0.2, -0.15) is 0 Å². The van der Waals surface area contributed by atoms with Gasteiger partial charge in [-0.15, -0.1) is 0 Å². The van der Waals surface area contributed by atoms with Crippen molar-refractivity contribution in [2.45, 2.75) is 0 Å². The third kappa shape index (κ3) is 2.71. The molecule has 0 bridgehead atoms. The lowest BCUT2D eigenvalue weighted by Crippen LogP contribution is -2.01. The molecule has 0 heterocycles. The molecule has 2 rings (SSSR count). The van der Waals surface area contributed by atoms with E-state index in [1.54, 1.807) is 0 Å². The Hall–Kier alpha value is -2.40. The van der Waals surface area contributed by atoms with Crippen molar-refractivity contribution >= 4 is 23.1 Å². The number of carbonyl (C=O) groups excluding carboxylic acids is 1. The molecular formula is C13H8ClNO4. The van der Waals surface area contributed by atoms with Crippen LogP contribution in [-0.4, -0.2) is 15.8 Å². The molecular weight excluding hydrogens is 270 g/mol. The molecule has 0 fully saturated rings. The maximum Gasteiger partial charge on any atom is 0.269 e. The Kier molecular flexibility index (Phi) is 3.48. The molecule has 0 saturated heterocycles. The van der Waals surface area contributed by atoms with Gasteiger partial charge in [-0.25, -0.2) is 0 Å². The Morgan fingerprint density at radius 1 is 1.11 bits per heavy atom. The highest BCUT2D eigenvalue weighted by molar-refractivity contribution is 6.32. The normalized spacial score (nSPS) is 10.2. The van der Waals surface area contributed by atoms with Crippen LogP contribution in [0.25, 0.3) is 0 Å². The summed E-state index contributed by atoms with van der Waals surface area (Å²) in [7, 11) is 0. The highest BCUT2D eigenvalue weighted by atomic mass is 35.5. The number of hydrogen-bond donors (Lipinski definition) is 1. The van der Waals surface area contributed by atoms with Crippen LogP contribution in [-0.2, 0) is 0 Å². The van der Waals surface area contributed by atoms with Crippen molar-refractivity contribution in [2.75, 3.05) is 0 Å². The molecule has 0 unspecified atom stereocenters. The summed E-state index contributed by atoms with van der Waals surface area (Å²) in [6, 6.07) is 9.37. The lowest BCUT2D eigenvalue weighted by atomic mass is 10.0. The average Bonchev–Trinajstić information content (AvgIpc) is 2.41. The molecule has 0 spiro atoms. The SMILES string of the molecule is O=C(c1ccc([N+](=O)[O-])cc1)c1ccc(O)c(Cl)c1. The van der Waals surface area contributed by atoms with Gasteiger partial charge in [-0.05, 0) is 30.3 Å². The van der Waals surface area contributed by atoms with Crippen molar-refractivity contribution in [1.29, 1.82) is 0 Å². The molecule has 0 aliphatic heterocycles. The molecule has 5 nitrogen and oxygen atoms in total. The first kappa shape index (κ1) is 13.0. The topological polar surface area (TPSA) is 80.4 Å². The first-order valence-corrected chi connectivity index (χ1v) is 5.64. The summed E-state index contributed by atoms with van der Waals surface area (Å²) in [5, 5.41) is 19.9. The minimum atomic E-state index is -0.536. The van der Waals surface area contributed by atoms with E-state index in [0.29, 0.717) is 11.1 Å². The Morgan fingerprint density at radius 2 is 1.68 bits per heavy atom. The second-order valence-electron chi connectivity index (χ2n) is 3.80. The number of hydrogen-bond acceptors (Lipinski definition) is 4. The maximum absolute atomic E-state index is 12.1. The molecule has 0 amide bonds. The summed E-state index contributed by atoms with van der Waals surface area (Å²) >= 11 is 5.72. The lowest BCUT2D eigenvalue weighted by molar-refractivity contribution is -0.384. The molecule has 0 saturated carbocycles. The largest absolute Gasteiger partial charge is 0.506 e. The van der Waals surface area contributed by atoms with Crippen molar-refractivity contribution in [3.63, 3.8) is 0 Å². The summed E-state index contributed by atoms with van der Waals surface area (Å²) in [4.78, 5) is 22.1. The van der Waals surface area contributed by atoms with Crippen LogP contribution in [0.3, 0.4) is 0 Å². The van der Waals surface area contributed by atoms with Gasteiger partial charge < -0.3 is 5.11 Å². The zero-order valence-corrected chi connectivity index (χ0v) is 10.3. The Labute approximate surface area is 113 Å². The van der Waals surface area contributed by atoms with Crippen LogP contribution in [0.2, 0.25) is 5.02 Å². The predicted molar refractivity (Wildman–Crippen MR) is 69.6 cm³/mol. The fourth-order valence-electron chi connectivity index (χ4n) is 1.55. The Balaban J connectivity index is 2.33. The van der Waals surface area contributed by atoms with E-state index in [4.69, 9.17) is 11.6 Å². The van der Waals surface area contributed by atoms with Crippen LogP contribution in [0.15, 0.2) is 42.5 Å². The second-order valence-corrected chi connectivity index (χ2v) is 4.21. The van der Waals surface area contributed by atoms with Crippen LogP contribution in [0.5, 0.6) is 5.75 Å². The van der Waals surface area contributed by atoms with Crippen LogP contribution >= 0.6 is 11.6 Å². The van der Waals surface area contributed by atoms with E-state index in [9.17, 15) is 20.0 Å². The number of halogens is 1. The zero-order valence-electron chi connectivity index (χ0n) is 9.54. The minimum absolute atomic E-state index is 0.0766. The maximum atomic E-state index is 12.1. The molecule has 0 radical (unpaired) electrons. The van der Waals surface area contributed by atoms with E-state index < -0.39 is 4.92 Å². The van der Waals surface area contributed by atoms with E-state index in [0.717, 1.165) is 0 Å². The standard InChI is InChI=1S/C13H8ClNO4/c14-11-7-9(3-6-12(11)16)13(17)8-1-4-10(5-2-8)15(18)19/h1-7,16H. The van der Waals surface area contributed by atoms with E-state index in [1.807, 2.05) is 0 Å². The molecule has 96 valence electrons. The highest BCUT2D eigenvalue weighted by Gasteiger charge is 2.12. The fourth-order valence-corrected chi connectivity index (χ4v) is 1.73. The van der Waals surface area contributed by atoms with Gasteiger partial charge >= 0.3 is 0 Å². The van der Waals surface area contributed by atoms with E-state index in [1.165, 1.54) is 42.5 Å². The third-order valence-corrected chi connectivity index (χ3v) is 2.85. The van der Waals surface area contributed by atoms with Gasteiger partial charge in [0.2, 0.25) is 0 Å². The summed E-state index contributed by atoms with van der Waals surface area (Å²) in [6.07, 6.45) is 0. The van der Waals surface area contributed by atoms with Crippen molar-refractivity contribution in [1.82, 2.24) is 0 Å². The summed E-state index contributed by atoms with van der Waals surface area (Å²) in [5.74, 6) is -0.432. The number of aromatic hydroxyl groups is 1. The summed E-state index contributed by atoms with van der Waals surface area (Å²) in [6.45, 7) is 0. The molecule has 0 aliphatic rings. The quantitative estimate of drug-likeness (QED) is 0.531. The molecule has 0 atom stereocenters. The van der Waals surface area contributed by atoms with Crippen molar-refractivity contribution in [2.24, 2.45) is 0 Å². The fraction of sp³-hybridized carbons (Fsp3) is 0. The minimum Gasteiger partial charge on any atom is -0.506 e. The Morgan fingerprint density at radius 3 is 2.21 bits per heavy atom. The van der Waals surface area contributed by atoms with Crippen molar-refractivity contribution in [3.8, 4) is 5.75 Å². The highest BCUT2D eigenvalue weighted by Crippen LogP contribution is 2.25. The zero-order chi connectivity index (χ0) is 14.0. The third-order valence-electron chi connectivity index (χ3n) is 2.55. The van der Waals surface area contributed by atoms with Crippen LogP contribution in [0.1, 0.15) is 15.9 Å². The van der Waals surface area contributed by atoms with Crippen LogP contribution in [0.4, 0.5) is 5.69 Å². The van der Waals surface area contributed by atoms with Gasteiger partial charge in [0, 0.05) is 23.3 Å². The number of ketones is 1. The average molecular weight is 278 g/mol. The monoisotopic (exact) mass is 277 g/mol. The molecule has 6 heteroatoms. The van der Waals surface area contributed by atoms with Crippen LogP contribution in [0, 0.1) is 10.1 Å². The summed E-state index contributed by atoms with van der Waals surface area (Å²) in [5.41, 5.74) is 0.532. The van der Waals surface area contributed by atoms with Gasteiger partial charge in [0.05, 0.1) is 9.95 Å². The van der Waals surface area contributed by atoms with Crippen molar-refractivity contribution in [3.05, 3.63) is 68.7 Å². The first-order chi connectivity index (χ1) is 8.99. The van der Waals surface area contributed by atoms with Crippen LogP contribution < -0.4 is 0 Å². The van der Waals surface area contributed by atoms with Gasteiger partial charge in [-0.3, -0.25) is 14.9 Å². The number of rotatable bonds is 3. The van der Waals surface area contributed by atoms with E-state index in [2.05, 4.69) is 0 Å². The number of non-ortho nitro benzene ring substituents is 1. The molecule has 2 aromatic carbocycles. The number of phenolic OH excluding ortho intramolecular Hbond substituents is 1. The Bertz CT molecular complexity index is 652. The molecule has 19 heavy (non-hydrogen) atoms. The number of carbonyl (C=O) groups is 1. The van der Waals surface area contributed by atoms with Gasteiger partial charge in [0.15, 0.2) is 5.78 Å². The van der Waals surface area contributed by atoms with E-state index in [-0.39, 0.29) is 22.2 Å². The van der Waals surface area contributed by atoms with E-state index >= 15 is 0 Å². The number of nitrogens with zero attached hydrogens (tertiary/aromatic N) is 1. The molecule has 0 aliphatic carbocycles. The second kappa shape index (κ2) is 5.07. The smallest absolute Gasteiger partial charge is 0.269 e. The molecule has 1 N–H and O–H groups in total. The van der Waals surface area contributed by atoms with Gasteiger partial charge in [-0.1, -0.05) is 11.6 Å². The summed E-state index contributed by atoms with van der Waals surface area (Å²) < 4.78 is 0. The number of nitro groups is 1. The number of nitro benzene ring substituents is 1. The van der Waals surface area contributed by atoms with Gasteiger partial charge in [0.1, 0.15) is 5.75 Å². The lowest BCUT2D eigenvalue weighted by Gasteiger charge is -2.03. The predicted octanol–water partition coefficient (Wildman–Crippen LogP) is 3.18. The first-order valence-electron chi connectivity index (χ1n) is 5.26. The van der Waals surface area contributed by atoms with Gasteiger partial charge in [0.25, 0.3) is 5.69 Å². The number of benzene rings is 2.